The minimum absolute atomic E-state index is 0.459. The normalized spacial score (nSPS) is 13.1. The number of carbonyl (C=O) groups is 2. The smallest absolute Gasteiger partial charge is 0.402 e. The Morgan fingerprint density at radius 3 is 1.45 bits per heavy atom. The summed E-state index contributed by atoms with van der Waals surface area (Å²) in [5.74, 6) is 0. The quantitative estimate of drug-likeness (QED) is 0.198. The van der Waals surface area contributed by atoms with Gasteiger partial charge < -0.3 is 18.9 Å². The average Bonchev–Trinajstić information content (AvgIpc) is 2.45. The fourth-order valence-corrected chi connectivity index (χ4v) is 1.23. The maximum Gasteiger partial charge on any atom is 0.552 e. The Labute approximate surface area is 130 Å². The Bertz CT molecular complexity index is 277. The van der Waals surface area contributed by atoms with Crippen molar-refractivity contribution >= 4 is 12.3 Å². The number of unbranched alkanes of at least 4 members (excludes halogenated alkanes) is 2. The molecule has 0 fully saturated rings. The second-order valence-corrected chi connectivity index (χ2v) is 4.49. The van der Waals surface area contributed by atoms with Crippen LogP contribution in [0.3, 0.4) is 0 Å². The van der Waals surface area contributed by atoms with Gasteiger partial charge in [-0.15, -0.1) is 0 Å². The van der Waals surface area contributed by atoms with Gasteiger partial charge >= 0.3 is 12.3 Å². The lowest BCUT2D eigenvalue weighted by Crippen LogP contribution is -2.23. The molecule has 0 saturated carbocycles. The predicted molar refractivity (Wildman–Crippen MR) is 75.8 cm³/mol. The van der Waals surface area contributed by atoms with Gasteiger partial charge in [0.1, 0.15) is 0 Å². The number of ether oxygens (including phenoxy) is 4. The Hall–Kier alpha value is -1.54. The molecule has 0 radical (unpaired) electrons. The summed E-state index contributed by atoms with van der Waals surface area (Å²) < 4.78 is 19.7. The van der Waals surface area contributed by atoms with Crippen LogP contribution in [0.25, 0.3) is 0 Å². The van der Waals surface area contributed by atoms with E-state index in [0.717, 1.165) is 25.7 Å². The first-order valence-corrected chi connectivity index (χ1v) is 7.48. The van der Waals surface area contributed by atoms with E-state index in [-0.39, 0.29) is 0 Å². The van der Waals surface area contributed by atoms with Crippen LogP contribution in [0.15, 0.2) is 0 Å². The molecule has 22 heavy (non-hydrogen) atoms. The second-order valence-electron chi connectivity index (χ2n) is 4.49. The molecule has 0 amide bonds. The minimum atomic E-state index is -1.19. The van der Waals surface area contributed by atoms with Crippen molar-refractivity contribution in [2.75, 3.05) is 13.2 Å². The van der Waals surface area contributed by atoms with Gasteiger partial charge in [-0.1, -0.05) is 26.7 Å². The zero-order chi connectivity index (χ0) is 16.8. The van der Waals surface area contributed by atoms with Gasteiger partial charge in [0, 0.05) is 0 Å². The highest BCUT2D eigenvalue weighted by Crippen LogP contribution is 2.02. The molecular weight excluding hydrogens is 296 g/mol. The van der Waals surface area contributed by atoms with E-state index >= 15 is 0 Å². The average molecular weight is 322 g/mol. The second kappa shape index (κ2) is 13.1. The lowest BCUT2D eigenvalue weighted by atomic mass is 10.4. The van der Waals surface area contributed by atoms with Crippen LogP contribution in [0.2, 0.25) is 0 Å². The van der Waals surface area contributed by atoms with Crippen LogP contribution in [-0.2, 0) is 28.7 Å². The summed E-state index contributed by atoms with van der Waals surface area (Å²) in [5.41, 5.74) is 0. The van der Waals surface area contributed by atoms with Gasteiger partial charge in [-0.2, -0.15) is 19.4 Å². The largest absolute Gasteiger partial charge is 0.552 e. The van der Waals surface area contributed by atoms with E-state index in [9.17, 15) is 9.59 Å². The summed E-state index contributed by atoms with van der Waals surface area (Å²) in [4.78, 5) is 30.7. The van der Waals surface area contributed by atoms with E-state index in [1.54, 1.807) is 0 Å². The van der Waals surface area contributed by atoms with Crippen LogP contribution >= 0.6 is 0 Å². The van der Waals surface area contributed by atoms with Crippen molar-refractivity contribution < 1.29 is 38.3 Å². The standard InChI is InChI=1S/C14H26O8/c1-5-7-9-17-11(3)19-13(15)21-22-14(16)20-12(4)18-10-8-6-2/h11-12H,5-10H2,1-4H3. The summed E-state index contributed by atoms with van der Waals surface area (Å²) >= 11 is 0. The molecule has 0 N–H and O–H groups in total. The molecule has 2 unspecified atom stereocenters. The monoisotopic (exact) mass is 322 g/mol. The van der Waals surface area contributed by atoms with E-state index in [1.807, 2.05) is 13.8 Å². The molecule has 2 atom stereocenters. The third kappa shape index (κ3) is 12.2. The molecule has 8 heteroatoms. The van der Waals surface area contributed by atoms with Crippen LogP contribution in [-0.4, -0.2) is 38.1 Å². The van der Waals surface area contributed by atoms with E-state index in [1.165, 1.54) is 13.8 Å². The van der Waals surface area contributed by atoms with Gasteiger partial charge in [0.05, 0.1) is 13.2 Å². The topological polar surface area (TPSA) is 89.5 Å². The first-order valence-electron chi connectivity index (χ1n) is 7.48. The van der Waals surface area contributed by atoms with Crippen molar-refractivity contribution in [2.45, 2.75) is 66.0 Å². The number of hydrogen-bond acceptors (Lipinski definition) is 8. The molecule has 0 aromatic heterocycles. The molecule has 0 aliphatic rings. The van der Waals surface area contributed by atoms with Crippen molar-refractivity contribution in [3.05, 3.63) is 0 Å². The lowest BCUT2D eigenvalue weighted by Gasteiger charge is -2.14. The first-order chi connectivity index (χ1) is 10.5. The summed E-state index contributed by atoms with van der Waals surface area (Å²) in [6, 6.07) is 0. The summed E-state index contributed by atoms with van der Waals surface area (Å²) in [7, 11) is 0. The fraction of sp³-hybridized carbons (Fsp3) is 0.857. The highest BCUT2D eigenvalue weighted by molar-refractivity contribution is 5.63. The van der Waals surface area contributed by atoms with Gasteiger partial charge in [-0.3, -0.25) is 0 Å². The Morgan fingerprint density at radius 2 is 1.14 bits per heavy atom. The van der Waals surface area contributed by atoms with Crippen LogP contribution in [0.4, 0.5) is 9.59 Å². The maximum absolute atomic E-state index is 11.2. The summed E-state index contributed by atoms with van der Waals surface area (Å²) in [6.45, 7) is 7.99. The Balaban J connectivity index is 3.73. The third-order valence-electron chi connectivity index (χ3n) is 2.40. The van der Waals surface area contributed by atoms with E-state index in [2.05, 4.69) is 19.2 Å². The van der Waals surface area contributed by atoms with Gasteiger partial charge in [0.2, 0.25) is 12.6 Å². The number of hydrogen-bond donors (Lipinski definition) is 0. The molecule has 8 nitrogen and oxygen atoms in total. The van der Waals surface area contributed by atoms with Crippen molar-refractivity contribution in [2.24, 2.45) is 0 Å². The highest BCUT2D eigenvalue weighted by Gasteiger charge is 2.17. The first kappa shape index (κ1) is 20.5. The van der Waals surface area contributed by atoms with Gasteiger partial charge in [-0.05, 0) is 26.7 Å². The predicted octanol–water partition coefficient (Wildman–Crippen LogP) is 3.53. The van der Waals surface area contributed by atoms with Crippen molar-refractivity contribution in [1.82, 2.24) is 0 Å². The molecule has 0 rings (SSSR count). The van der Waals surface area contributed by atoms with Crippen molar-refractivity contribution in [1.29, 1.82) is 0 Å². The fourth-order valence-electron chi connectivity index (χ4n) is 1.23. The zero-order valence-electron chi connectivity index (χ0n) is 13.7. The minimum Gasteiger partial charge on any atom is -0.402 e. The van der Waals surface area contributed by atoms with E-state index in [0.29, 0.717) is 13.2 Å². The van der Waals surface area contributed by atoms with Crippen LogP contribution in [0, 0.1) is 0 Å². The molecular formula is C14H26O8. The van der Waals surface area contributed by atoms with Gasteiger partial charge in [0.25, 0.3) is 0 Å². The van der Waals surface area contributed by atoms with Gasteiger partial charge in [-0.25, -0.2) is 0 Å². The van der Waals surface area contributed by atoms with Crippen LogP contribution in [0.1, 0.15) is 53.4 Å². The number of rotatable bonds is 10. The van der Waals surface area contributed by atoms with Crippen LogP contribution in [0.5, 0.6) is 0 Å². The lowest BCUT2D eigenvalue weighted by molar-refractivity contribution is -0.246. The third-order valence-corrected chi connectivity index (χ3v) is 2.40. The highest BCUT2D eigenvalue weighted by atomic mass is 17.3. The molecule has 0 aliphatic carbocycles. The van der Waals surface area contributed by atoms with Crippen LogP contribution < -0.4 is 0 Å². The molecule has 0 aromatic carbocycles. The summed E-state index contributed by atoms with van der Waals surface area (Å²) in [6.07, 6.45) is -0.357. The number of carbonyl (C=O) groups excluding carboxylic acids is 2. The molecule has 130 valence electrons. The molecule has 0 saturated heterocycles. The molecule has 0 bridgehead atoms. The van der Waals surface area contributed by atoms with E-state index < -0.39 is 24.9 Å². The SMILES string of the molecule is CCCCOC(C)OC(=O)OOC(=O)OC(C)OCCCC. The van der Waals surface area contributed by atoms with E-state index in [4.69, 9.17) is 9.47 Å². The molecule has 0 aromatic rings. The molecule has 0 heterocycles. The Kier molecular flexibility index (Phi) is 12.2. The van der Waals surface area contributed by atoms with Gasteiger partial charge in [0.15, 0.2) is 0 Å². The van der Waals surface area contributed by atoms with Crippen molar-refractivity contribution in [3.63, 3.8) is 0 Å². The molecule has 0 spiro atoms. The van der Waals surface area contributed by atoms with Crippen molar-refractivity contribution in [3.8, 4) is 0 Å². The Morgan fingerprint density at radius 1 is 0.773 bits per heavy atom. The summed E-state index contributed by atoms with van der Waals surface area (Å²) in [5, 5.41) is 0. The zero-order valence-corrected chi connectivity index (χ0v) is 13.7. The maximum atomic E-state index is 11.2. The molecule has 0 aliphatic heterocycles.